The summed E-state index contributed by atoms with van der Waals surface area (Å²) in [6.07, 6.45) is 12.1. The predicted molar refractivity (Wildman–Crippen MR) is 126 cm³/mol. The van der Waals surface area contributed by atoms with E-state index in [4.69, 9.17) is 14.2 Å². The third kappa shape index (κ3) is 9.38. The van der Waals surface area contributed by atoms with Crippen molar-refractivity contribution in [3.8, 4) is 0 Å². The molecule has 2 heterocycles. The van der Waals surface area contributed by atoms with Gasteiger partial charge in [0.25, 0.3) is 0 Å². The van der Waals surface area contributed by atoms with Crippen molar-refractivity contribution in [3.05, 3.63) is 47.6 Å². The summed E-state index contributed by atoms with van der Waals surface area (Å²) in [4.78, 5) is 34.7. The molecule has 0 aliphatic carbocycles. The first-order valence-electron chi connectivity index (χ1n) is 11.6. The number of cyclic esters (lactones) is 1. The summed E-state index contributed by atoms with van der Waals surface area (Å²) in [6.45, 7) is 11.1. The van der Waals surface area contributed by atoms with Crippen molar-refractivity contribution in [1.29, 1.82) is 0 Å². The quantitative estimate of drug-likeness (QED) is 0.336. The van der Waals surface area contributed by atoms with Gasteiger partial charge in [-0.2, -0.15) is 0 Å². The molecule has 0 aromatic carbocycles. The molecule has 1 saturated heterocycles. The molecule has 182 valence electrons. The monoisotopic (exact) mass is 459 g/mol. The largest absolute Gasteiger partial charge is 0.459 e. The Labute approximate surface area is 196 Å². The molecule has 2 aliphatic rings. The van der Waals surface area contributed by atoms with Crippen molar-refractivity contribution in [1.82, 2.24) is 5.32 Å². The van der Waals surface area contributed by atoms with Crippen LogP contribution in [-0.4, -0.2) is 48.3 Å². The lowest BCUT2D eigenvalue weighted by Crippen LogP contribution is -2.50. The predicted octanol–water partition coefficient (Wildman–Crippen LogP) is 3.95. The molecule has 1 fully saturated rings. The third-order valence-electron chi connectivity index (χ3n) is 5.82. The minimum absolute atomic E-state index is 0.0636. The zero-order valence-corrected chi connectivity index (χ0v) is 20.5. The van der Waals surface area contributed by atoms with Crippen LogP contribution in [-0.2, 0) is 28.6 Å². The second-order valence-electron chi connectivity index (χ2n) is 9.09. The lowest BCUT2D eigenvalue weighted by atomic mass is 9.88. The van der Waals surface area contributed by atoms with Crippen molar-refractivity contribution in [2.45, 2.75) is 91.3 Å². The van der Waals surface area contributed by atoms with Gasteiger partial charge in [0.05, 0.1) is 18.2 Å². The van der Waals surface area contributed by atoms with Crippen LogP contribution in [0.25, 0.3) is 0 Å². The molecule has 0 aromatic heterocycles. The number of rotatable bonds is 8. The Morgan fingerprint density at radius 1 is 1.27 bits per heavy atom. The van der Waals surface area contributed by atoms with E-state index in [9.17, 15) is 14.4 Å². The van der Waals surface area contributed by atoms with E-state index < -0.39 is 6.10 Å². The number of hydrogen-bond acceptors (Lipinski definition) is 6. The van der Waals surface area contributed by atoms with Gasteiger partial charge in [0.15, 0.2) is 0 Å². The molecule has 1 unspecified atom stereocenters. The number of carbonyl (C=O) groups excluding carboxylic acids is 3. The van der Waals surface area contributed by atoms with Crippen LogP contribution in [0.5, 0.6) is 0 Å². The van der Waals surface area contributed by atoms with Gasteiger partial charge >= 0.3 is 11.9 Å². The first-order valence-corrected chi connectivity index (χ1v) is 11.6. The second kappa shape index (κ2) is 12.5. The summed E-state index contributed by atoms with van der Waals surface area (Å²) in [5, 5.41) is 2.99. The van der Waals surface area contributed by atoms with Crippen molar-refractivity contribution in [3.63, 3.8) is 0 Å². The summed E-state index contributed by atoms with van der Waals surface area (Å²) in [6, 6.07) is -0.0836. The van der Waals surface area contributed by atoms with Crippen LogP contribution < -0.4 is 5.32 Å². The van der Waals surface area contributed by atoms with Crippen molar-refractivity contribution < 1.29 is 28.6 Å². The first-order chi connectivity index (χ1) is 15.5. The maximum Gasteiger partial charge on any atom is 0.331 e. The Morgan fingerprint density at radius 3 is 2.67 bits per heavy atom. The highest BCUT2D eigenvalue weighted by Crippen LogP contribution is 2.28. The van der Waals surface area contributed by atoms with Crippen LogP contribution in [0.15, 0.2) is 47.6 Å². The fraction of sp³-hybridized carbons (Fsp3) is 0.577. The Kier molecular flexibility index (Phi) is 10.1. The maximum atomic E-state index is 12.2. The highest BCUT2D eigenvalue weighted by molar-refractivity contribution is 5.87. The number of hydrogen-bond donors (Lipinski definition) is 1. The van der Waals surface area contributed by atoms with Gasteiger partial charge in [0.1, 0.15) is 12.2 Å². The minimum atomic E-state index is -0.452. The molecule has 33 heavy (non-hydrogen) atoms. The summed E-state index contributed by atoms with van der Waals surface area (Å²) in [7, 11) is 0. The molecule has 0 bridgehead atoms. The molecule has 1 amide bonds. The van der Waals surface area contributed by atoms with Crippen LogP contribution in [0.4, 0.5) is 0 Å². The molecule has 1 N–H and O–H groups in total. The minimum Gasteiger partial charge on any atom is -0.459 e. The van der Waals surface area contributed by atoms with Crippen molar-refractivity contribution in [2.75, 3.05) is 0 Å². The number of ether oxygens (including phenoxy) is 3. The molecule has 0 spiro atoms. The topological polar surface area (TPSA) is 90.9 Å². The fourth-order valence-corrected chi connectivity index (χ4v) is 4.01. The maximum absolute atomic E-state index is 12.2. The lowest BCUT2D eigenvalue weighted by Gasteiger charge is -2.39. The standard InChI is InChI=1S/C26H37NO6/c1-16(7-10-22-13-17(2)14-26(30)33-22)8-11-24-18(3)15-23(20(5)32-24)27-25(29)12-9-19(4)31-21(6)28/h7-10,12,14,18-20,22-24H,11,13,15H2,1-6H3,(H,27,29)/t18-,19?,20+,22+,23+,24-/m0/s1. The molecule has 2 aliphatic heterocycles. The van der Waals surface area contributed by atoms with E-state index in [1.165, 1.54) is 19.1 Å². The van der Waals surface area contributed by atoms with E-state index in [-0.39, 0.29) is 48.1 Å². The normalized spacial score (nSPS) is 29.5. The average molecular weight is 460 g/mol. The molecule has 7 heteroatoms. The van der Waals surface area contributed by atoms with Gasteiger partial charge < -0.3 is 19.5 Å². The van der Waals surface area contributed by atoms with Gasteiger partial charge in [-0.25, -0.2) is 4.79 Å². The van der Waals surface area contributed by atoms with Crippen molar-refractivity contribution >= 4 is 17.8 Å². The zero-order valence-electron chi connectivity index (χ0n) is 20.5. The smallest absolute Gasteiger partial charge is 0.331 e. The molecule has 0 aromatic rings. The molecular weight excluding hydrogens is 422 g/mol. The molecule has 6 atom stereocenters. The van der Waals surface area contributed by atoms with Gasteiger partial charge in [-0.1, -0.05) is 30.2 Å². The van der Waals surface area contributed by atoms with E-state index in [0.29, 0.717) is 0 Å². The zero-order chi connectivity index (χ0) is 24.5. The summed E-state index contributed by atoms with van der Waals surface area (Å²) in [5.41, 5.74) is 2.11. The van der Waals surface area contributed by atoms with Crippen LogP contribution in [0.2, 0.25) is 0 Å². The molecule has 2 rings (SSSR count). The van der Waals surface area contributed by atoms with Gasteiger partial charge in [-0.3, -0.25) is 9.59 Å². The Bertz CT molecular complexity index is 840. The lowest BCUT2D eigenvalue weighted by molar-refractivity contribution is -0.144. The van der Waals surface area contributed by atoms with Gasteiger partial charge in [-0.05, 0) is 58.6 Å². The van der Waals surface area contributed by atoms with E-state index in [1.807, 2.05) is 32.9 Å². The Balaban J connectivity index is 1.83. The summed E-state index contributed by atoms with van der Waals surface area (Å²) in [5.74, 6) is -0.624. The van der Waals surface area contributed by atoms with Crippen LogP contribution in [0, 0.1) is 5.92 Å². The van der Waals surface area contributed by atoms with Crippen molar-refractivity contribution in [2.24, 2.45) is 5.92 Å². The van der Waals surface area contributed by atoms with E-state index >= 15 is 0 Å². The van der Waals surface area contributed by atoms with Crippen LogP contribution in [0.1, 0.15) is 60.8 Å². The molecule has 0 saturated carbocycles. The molecule has 7 nitrogen and oxygen atoms in total. The molecular formula is C26H37NO6. The second-order valence-corrected chi connectivity index (χ2v) is 9.09. The number of allylic oxidation sites excluding steroid dienone is 2. The highest BCUT2D eigenvalue weighted by Gasteiger charge is 2.33. The Hall–Kier alpha value is -2.67. The van der Waals surface area contributed by atoms with Gasteiger partial charge in [0.2, 0.25) is 5.91 Å². The van der Waals surface area contributed by atoms with Crippen LogP contribution in [0.3, 0.4) is 0 Å². The van der Waals surface area contributed by atoms with Crippen LogP contribution >= 0.6 is 0 Å². The van der Waals surface area contributed by atoms with E-state index in [1.54, 1.807) is 13.0 Å². The first kappa shape index (κ1) is 26.6. The fourth-order valence-electron chi connectivity index (χ4n) is 4.01. The summed E-state index contributed by atoms with van der Waals surface area (Å²) >= 11 is 0. The highest BCUT2D eigenvalue weighted by atomic mass is 16.5. The van der Waals surface area contributed by atoms with Gasteiger partial charge in [-0.15, -0.1) is 0 Å². The van der Waals surface area contributed by atoms with Gasteiger partial charge in [0, 0.05) is 25.5 Å². The number of carbonyl (C=O) groups is 3. The average Bonchev–Trinajstić information content (AvgIpc) is 2.71. The summed E-state index contributed by atoms with van der Waals surface area (Å²) < 4.78 is 16.5. The number of amides is 1. The number of nitrogens with one attached hydrogen (secondary N) is 1. The van der Waals surface area contributed by atoms with E-state index in [0.717, 1.165) is 30.4 Å². The van der Waals surface area contributed by atoms with E-state index in [2.05, 4.69) is 18.3 Å². The SMILES string of the molecule is CC(=O)OC(C)C=CC(=O)N[C@@H]1C[C@H](C)[C@H](CC=C(C)C=C[C@@H]2CC(C)=CC(=O)O2)O[C@@H]1C. The molecule has 0 radical (unpaired) electrons. The Morgan fingerprint density at radius 2 is 2.00 bits per heavy atom. The third-order valence-corrected chi connectivity index (χ3v) is 5.82. The number of esters is 2.